The molecule has 0 amide bonds. The predicted octanol–water partition coefficient (Wildman–Crippen LogP) is 2.29. The number of rotatable bonds is 1. The van der Waals surface area contributed by atoms with E-state index in [4.69, 9.17) is 0 Å². The van der Waals surface area contributed by atoms with Gasteiger partial charge in [-0.15, -0.1) is 0 Å². The molecular weight excluding hydrogens is 168 g/mol. The summed E-state index contributed by atoms with van der Waals surface area (Å²) in [5, 5.41) is 10.3. The lowest BCUT2D eigenvalue weighted by Crippen LogP contribution is -2.13. The number of aromatic nitrogens is 1. The van der Waals surface area contributed by atoms with Crippen LogP contribution in [0.15, 0.2) is 18.3 Å². The zero-order valence-electron chi connectivity index (χ0n) is 7.94. The van der Waals surface area contributed by atoms with Crippen molar-refractivity contribution in [2.24, 2.45) is 0 Å². The Morgan fingerprint density at radius 3 is 2.31 bits per heavy atom. The maximum Gasteiger partial charge on any atom is 0.287 e. The van der Waals surface area contributed by atoms with Gasteiger partial charge in [0.05, 0.1) is 4.92 Å². The van der Waals surface area contributed by atoms with E-state index in [1.165, 1.54) is 12.3 Å². The minimum absolute atomic E-state index is 0.0352. The number of hydrogen-bond donors (Lipinski definition) is 0. The molecule has 0 aliphatic heterocycles. The maximum atomic E-state index is 10.3. The zero-order chi connectivity index (χ0) is 10.1. The molecule has 0 N–H and O–H groups in total. The molecule has 4 nitrogen and oxygen atoms in total. The van der Waals surface area contributed by atoms with Crippen molar-refractivity contribution in [3.63, 3.8) is 0 Å². The van der Waals surface area contributed by atoms with Gasteiger partial charge in [-0.3, -0.25) is 15.1 Å². The highest BCUT2D eigenvalue weighted by molar-refractivity contribution is 5.28. The summed E-state index contributed by atoms with van der Waals surface area (Å²) in [7, 11) is 0. The lowest BCUT2D eigenvalue weighted by Gasteiger charge is -2.16. The quantitative estimate of drug-likeness (QED) is 0.492. The Balaban J connectivity index is 3.01. The molecule has 1 aromatic rings. The molecule has 0 saturated heterocycles. The second-order valence-electron chi connectivity index (χ2n) is 3.91. The van der Waals surface area contributed by atoms with E-state index in [9.17, 15) is 10.1 Å². The summed E-state index contributed by atoms with van der Waals surface area (Å²) >= 11 is 0. The van der Waals surface area contributed by atoms with Crippen LogP contribution >= 0.6 is 0 Å². The number of nitro groups is 1. The van der Waals surface area contributed by atoms with Crippen LogP contribution in [0.2, 0.25) is 0 Å². The van der Waals surface area contributed by atoms with Crippen LogP contribution in [-0.2, 0) is 5.41 Å². The van der Waals surface area contributed by atoms with E-state index in [1.807, 2.05) is 20.8 Å². The summed E-state index contributed by atoms with van der Waals surface area (Å²) in [6, 6.07) is 3.17. The Kier molecular flexibility index (Phi) is 2.32. The summed E-state index contributed by atoms with van der Waals surface area (Å²) in [5.74, 6) is 0. The number of hydrogen-bond acceptors (Lipinski definition) is 3. The van der Waals surface area contributed by atoms with Gasteiger partial charge in [-0.05, 0) is 6.07 Å². The molecule has 0 aliphatic carbocycles. The van der Waals surface area contributed by atoms with Crippen LogP contribution in [0.4, 0.5) is 5.69 Å². The fraction of sp³-hybridized carbons (Fsp3) is 0.444. The first-order valence-corrected chi connectivity index (χ1v) is 4.02. The molecule has 0 atom stereocenters. The standard InChI is InChI=1S/C9H12N2O2/c1-9(2,3)8-5-4-7(6-10-8)11(12)13/h4-6H,1-3H3. The van der Waals surface area contributed by atoms with Crippen LogP contribution in [0, 0.1) is 10.1 Å². The van der Waals surface area contributed by atoms with E-state index < -0.39 is 4.92 Å². The van der Waals surface area contributed by atoms with Gasteiger partial charge in [-0.25, -0.2) is 0 Å². The maximum absolute atomic E-state index is 10.3. The summed E-state index contributed by atoms with van der Waals surface area (Å²) in [4.78, 5) is 13.9. The van der Waals surface area contributed by atoms with Crippen molar-refractivity contribution in [3.05, 3.63) is 34.1 Å². The third kappa shape index (κ3) is 2.24. The Labute approximate surface area is 76.8 Å². The van der Waals surface area contributed by atoms with E-state index >= 15 is 0 Å². The van der Waals surface area contributed by atoms with Gasteiger partial charge in [-0.1, -0.05) is 20.8 Å². The fourth-order valence-electron chi connectivity index (χ4n) is 0.938. The fourth-order valence-corrected chi connectivity index (χ4v) is 0.938. The molecule has 0 fully saturated rings. The Morgan fingerprint density at radius 2 is 2.00 bits per heavy atom. The first-order valence-electron chi connectivity index (χ1n) is 4.02. The van der Waals surface area contributed by atoms with Crippen LogP contribution in [-0.4, -0.2) is 9.91 Å². The third-order valence-corrected chi connectivity index (χ3v) is 1.73. The van der Waals surface area contributed by atoms with Crippen molar-refractivity contribution in [2.75, 3.05) is 0 Å². The van der Waals surface area contributed by atoms with Gasteiger partial charge in [0.25, 0.3) is 5.69 Å². The molecule has 70 valence electrons. The first-order chi connectivity index (χ1) is 5.91. The van der Waals surface area contributed by atoms with Crippen molar-refractivity contribution in [3.8, 4) is 0 Å². The van der Waals surface area contributed by atoms with Crippen molar-refractivity contribution in [1.82, 2.24) is 4.98 Å². The van der Waals surface area contributed by atoms with Crippen LogP contribution in [0.5, 0.6) is 0 Å². The molecule has 0 aromatic carbocycles. The average molecular weight is 180 g/mol. The Hall–Kier alpha value is -1.45. The monoisotopic (exact) mass is 180 g/mol. The molecule has 1 rings (SSSR count). The van der Waals surface area contributed by atoms with Crippen molar-refractivity contribution < 1.29 is 4.92 Å². The van der Waals surface area contributed by atoms with Crippen LogP contribution in [0.1, 0.15) is 26.5 Å². The van der Waals surface area contributed by atoms with Crippen LogP contribution in [0.3, 0.4) is 0 Å². The van der Waals surface area contributed by atoms with E-state index in [2.05, 4.69) is 4.98 Å². The van der Waals surface area contributed by atoms with Crippen LogP contribution in [0.25, 0.3) is 0 Å². The van der Waals surface area contributed by atoms with Crippen molar-refractivity contribution >= 4 is 5.69 Å². The highest BCUT2D eigenvalue weighted by Gasteiger charge is 2.16. The Morgan fingerprint density at radius 1 is 1.38 bits per heavy atom. The second-order valence-corrected chi connectivity index (χ2v) is 3.91. The van der Waals surface area contributed by atoms with Gasteiger partial charge in [0, 0.05) is 17.2 Å². The van der Waals surface area contributed by atoms with Gasteiger partial charge in [0.1, 0.15) is 6.20 Å². The Bertz CT molecular complexity index is 311. The molecule has 1 aromatic heterocycles. The van der Waals surface area contributed by atoms with Gasteiger partial charge < -0.3 is 0 Å². The number of pyridine rings is 1. The molecule has 13 heavy (non-hydrogen) atoms. The predicted molar refractivity (Wildman–Crippen MR) is 49.6 cm³/mol. The summed E-state index contributed by atoms with van der Waals surface area (Å²) in [6.07, 6.45) is 1.29. The third-order valence-electron chi connectivity index (χ3n) is 1.73. The normalized spacial score (nSPS) is 11.3. The lowest BCUT2D eigenvalue weighted by molar-refractivity contribution is -0.385. The van der Waals surface area contributed by atoms with Gasteiger partial charge in [-0.2, -0.15) is 0 Å². The van der Waals surface area contributed by atoms with Crippen molar-refractivity contribution in [2.45, 2.75) is 26.2 Å². The summed E-state index contributed by atoms with van der Waals surface area (Å²) in [6.45, 7) is 6.05. The molecule has 0 spiro atoms. The molecule has 0 unspecified atom stereocenters. The molecular formula is C9H12N2O2. The average Bonchev–Trinajstić information content (AvgIpc) is 2.03. The topological polar surface area (TPSA) is 56.0 Å². The molecule has 4 heteroatoms. The van der Waals surface area contributed by atoms with Gasteiger partial charge >= 0.3 is 0 Å². The largest absolute Gasteiger partial charge is 0.287 e. The zero-order valence-corrected chi connectivity index (χ0v) is 7.94. The van der Waals surface area contributed by atoms with Crippen LogP contribution < -0.4 is 0 Å². The molecule has 0 bridgehead atoms. The molecule has 0 saturated carbocycles. The highest BCUT2D eigenvalue weighted by Crippen LogP contribution is 2.21. The molecule has 1 heterocycles. The van der Waals surface area contributed by atoms with E-state index in [1.54, 1.807) is 6.07 Å². The number of nitrogens with zero attached hydrogens (tertiary/aromatic N) is 2. The first kappa shape index (κ1) is 9.64. The SMILES string of the molecule is CC(C)(C)c1ccc([N+](=O)[O-])cn1. The van der Waals surface area contributed by atoms with E-state index in [0.717, 1.165) is 5.69 Å². The summed E-state index contributed by atoms with van der Waals surface area (Å²) in [5.41, 5.74) is 0.834. The molecule has 0 radical (unpaired) electrons. The van der Waals surface area contributed by atoms with Gasteiger partial charge in [0.15, 0.2) is 0 Å². The smallest absolute Gasteiger partial charge is 0.258 e. The molecule has 0 aliphatic rings. The minimum Gasteiger partial charge on any atom is -0.258 e. The van der Waals surface area contributed by atoms with Crippen molar-refractivity contribution in [1.29, 1.82) is 0 Å². The summed E-state index contributed by atoms with van der Waals surface area (Å²) < 4.78 is 0. The second kappa shape index (κ2) is 3.12. The van der Waals surface area contributed by atoms with E-state index in [0.29, 0.717) is 0 Å². The lowest BCUT2D eigenvalue weighted by atomic mass is 9.92. The highest BCUT2D eigenvalue weighted by atomic mass is 16.6. The van der Waals surface area contributed by atoms with Gasteiger partial charge in [0.2, 0.25) is 0 Å². The minimum atomic E-state index is -0.445. The van der Waals surface area contributed by atoms with E-state index in [-0.39, 0.29) is 11.1 Å².